The molecule has 0 aromatic heterocycles. The number of Topliss-reactive ketones (excluding diaryl/α,β-unsaturated/α-hetero) is 1. The molecule has 8 nitrogen and oxygen atoms in total. The zero-order valence-electron chi connectivity index (χ0n) is 11.3. The number of esters is 1. The van der Waals surface area contributed by atoms with Crippen molar-refractivity contribution in [2.45, 2.75) is 0 Å². The number of nitrogens with one attached hydrogen (secondary N) is 1. The molecule has 1 aromatic carbocycles. The summed E-state index contributed by atoms with van der Waals surface area (Å²) in [6.45, 7) is -1.04. The fourth-order valence-corrected chi connectivity index (χ4v) is 1.80. The number of benzene rings is 1. The molecule has 1 atom stereocenters. The molecule has 2 rings (SSSR count). The number of hydrogen-bond acceptors (Lipinski definition) is 7. The summed E-state index contributed by atoms with van der Waals surface area (Å²) >= 11 is 0. The van der Waals surface area contributed by atoms with Gasteiger partial charge in [-0.2, -0.15) is 0 Å². The Morgan fingerprint density at radius 1 is 1.32 bits per heavy atom. The van der Waals surface area contributed by atoms with Gasteiger partial charge in [0.05, 0.1) is 18.1 Å². The van der Waals surface area contributed by atoms with Crippen LogP contribution >= 0.6 is 0 Å². The van der Waals surface area contributed by atoms with E-state index in [9.17, 15) is 24.3 Å². The third-order valence-electron chi connectivity index (χ3n) is 2.82. The number of carbonyl (C=O) groups is 4. The molecule has 8 heteroatoms. The smallest absolute Gasteiger partial charge is 0.327 e. The van der Waals surface area contributed by atoms with Crippen molar-refractivity contribution in [1.82, 2.24) is 5.32 Å². The number of aliphatic imine (C=N–C) groups is 1. The molecule has 0 fully saturated rings. The number of ether oxygens (including phenoxy) is 1. The van der Waals surface area contributed by atoms with Gasteiger partial charge in [-0.3, -0.25) is 19.4 Å². The molecular formula is C14H11N2O6-. The summed E-state index contributed by atoms with van der Waals surface area (Å²) in [5, 5.41) is 12.2. The van der Waals surface area contributed by atoms with E-state index in [4.69, 9.17) is 4.74 Å². The minimum absolute atomic E-state index is 0.189. The molecular weight excluding hydrogens is 292 g/mol. The largest absolute Gasteiger partial charge is 0.548 e. The first kappa shape index (κ1) is 15.4. The van der Waals surface area contributed by atoms with E-state index < -0.39 is 42.6 Å². The van der Waals surface area contributed by atoms with Crippen LogP contribution in [0.25, 0.3) is 0 Å². The van der Waals surface area contributed by atoms with Crippen molar-refractivity contribution in [2.24, 2.45) is 10.9 Å². The molecule has 0 spiro atoms. The Morgan fingerprint density at radius 2 is 2.05 bits per heavy atom. The fourth-order valence-electron chi connectivity index (χ4n) is 1.80. The number of fused-ring (bicyclic) bond motifs is 1. The molecule has 1 aliphatic heterocycles. The lowest BCUT2D eigenvalue weighted by molar-refractivity contribution is -0.304. The number of aliphatic carboxylic acids is 1. The maximum atomic E-state index is 12.1. The van der Waals surface area contributed by atoms with Gasteiger partial charge in [-0.1, -0.05) is 12.1 Å². The van der Waals surface area contributed by atoms with Crippen LogP contribution in [0.4, 0.5) is 0 Å². The van der Waals surface area contributed by atoms with Gasteiger partial charge >= 0.3 is 5.97 Å². The molecule has 1 aliphatic rings. The van der Waals surface area contributed by atoms with E-state index >= 15 is 0 Å². The van der Waals surface area contributed by atoms with Crippen LogP contribution < -0.4 is 15.2 Å². The van der Waals surface area contributed by atoms with Crippen LogP contribution in [0.5, 0.6) is 5.75 Å². The van der Waals surface area contributed by atoms with Crippen LogP contribution in [0.15, 0.2) is 29.3 Å². The van der Waals surface area contributed by atoms with Crippen molar-refractivity contribution in [3.05, 3.63) is 29.8 Å². The van der Waals surface area contributed by atoms with Gasteiger partial charge in [0, 0.05) is 6.21 Å². The number of amides is 1. The molecule has 1 aromatic rings. The zero-order valence-corrected chi connectivity index (χ0v) is 11.3. The molecule has 0 saturated carbocycles. The van der Waals surface area contributed by atoms with Gasteiger partial charge in [0.2, 0.25) is 5.91 Å². The van der Waals surface area contributed by atoms with Gasteiger partial charge in [-0.25, -0.2) is 0 Å². The minimum Gasteiger partial charge on any atom is -0.548 e. The Morgan fingerprint density at radius 3 is 2.77 bits per heavy atom. The van der Waals surface area contributed by atoms with E-state index in [0.29, 0.717) is 0 Å². The van der Waals surface area contributed by atoms with Gasteiger partial charge in [-0.05, 0) is 12.1 Å². The third-order valence-corrected chi connectivity index (χ3v) is 2.82. The lowest BCUT2D eigenvalue weighted by Crippen LogP contribution is -2.39. The second-order valence-electron chi connectivity index (χ2n) is 4.40. The van der Waals surface area contributed by atoms with E-state index in [2.05, 4.69) is 4.99 Å². The lowest BCUT2D eigenvalue weighted by Gasteiger charge is -2.19. The standard InChI is InChI=1S/C14H12N2O6/c17-11(16-7-12(18)19)6-15-5-9-13(20)8-3-1-2-4-10(8)22-14(9)21/h1-5,9H,6-7H2,(H,16,17)(H,18,19)/p-1/t9-/m0/s1. The van der Waals surface area contributed by atoms with E-state index in [-0.39, 0.29) is 11.3 Å². The van der Waals surface area contributed by atoms with E-state index in [0.717, 1.165) is 6.21 Å². The zero-order chi connectivity index (χ0) is 16.1. The molecule has 1 heterocycles. The number of nitrogens with zero attached hydrogens (tertiary/aromatic N) is 1. The number of hydrogen-bond donors (Lipinski definition) is 1. The summed E-state index contributed by atoms with van der Waals surface area (Å²) in [6.07, 6.45) is 1.03. The average Bonchev–Trinajstić information content (AvgIpc) is 2.48. The van der Waals surface area contributed by atoms with Crippen molar-refractivity contribution < 1.29 is 29.0 Å². The van der Waals surface area contributed by atoms with Crippen LogP contribution in [0.2, 0.25) is 0 Å². The SMILES string of the molecule is O=C([O-])CNC(=O)CN=C[C@@H]1C(=O)Oc2ccccc2C1=O. The summed E-state index contributed by atoms with van der Waals surface area (Å²) in [6, 6.07) is 6.30. The number of para-hydroxylation sites is 1. The monoisotopic (exact) mass is 303 g/mol. The second kappa shape index (κ2) is 6.61. The van der Waals surface area contributed by atoms with Crippen LogP contribution in [0.1, 0.15) is 10.4 Å². The minimum atomic E-state index is -1.43. The van der Waals surface area contributed by atoms with Gasteiger partial charge in [0.1, 0.15) is 12.3 Å². The molecule has 0 aliphatic carbocycles. The maximum Gasteiger partial charge on any atom is 0.327 e. The number of carbonyl (C=O) groups excluding carboxylic acids is 4. The second-order valence-corrected chi connectivity index (χ2v) is 4.40. The predicted molar refractivity (Wildman–Crippen MR) is 71.3 cm³/mol. The Hall–Kier alpha value is -3.03. The average molecular weight is 303 g/mol. The highest BCUT2D eigenvalue weighted by Crippen LogP contribution is 2.26. The fraction of sp³-hybridized carbons (Fsp3) is 0.214. The Labute approximate surface area is 124 Å². The Bertz CT molecular complexity index is 667. The van der Waals surface area contributed by atoms with Crippen molar-refractivity contribution in [2.75, 3.05) is 13.1 Å². The summed E-state index contributed by atoms with van der Waals surface area (Å²) in [7, 11) is 0. The van der Waals surface area contributed by atoms with Crippen molar-refractivity contribution in [3.63, 3.8) is 0 Å². The normalized spacial score (nSPS) is 17.0. The van der Waals surface area contributed by atoms with Crippen molar-refractivity contribution >= 4 is 29.8 Å². The molecule has 0 radical (unpaired) electrons. The highest BCUT2D eigenvalue weighted by molar-refractivity contribution is 6.22. The molecule has 0 unspecified atom stereocenters. The first-order valence-electron chi connectivity index (χ1n) is 6.30. The summed E-state index contributed by atoms with van der Waals surface area (Å²) < 4.78 is 5.01. The van der Waals surface area contributed by atoms with Gasteiger partial charge in [0.15, 0.2) is 11.7 Å². The summed E-state index contributed by atoms with van der Waals surface area (Å²) in [5.41, 5.74) is 0.264. The highest BCUT2D eigenvalue weighted by atomic mass is 16.5. The van der Waals surface area contributed by atoms with E-state index in [1.807, 2.05) is 5.32 Å². The summed E-state index contributed by atoms with van der Waals surface area (Å²) in [4.78, 5) is 48.9. The van der Waals surface area contributed by atoms with Crippen LogP contribution in [0, 0.1) is 5.92 Å². The number of carboxylic acid groups (broad SMARTS) is 1. The van der Waals surface area contributed by atoms with Gasteiger partial charge < -0.3 is 20.0 Å². The predicted octanol–water partition coefficient (Wildman–Crippen LogP) is -1.66. The van der Waals surface area contributed by atoms with Crippen LogP contribution in [-0.4, -0.2) is 42.9 Å². The Kier molecular flexibility index (Phi) is 4.62. The third kappa shape index (κ3) is 3.54. The first-order chi connectivity index (χ1) is 10.5. The van der Waals surface area contributed by atoms with Crippen LogP contribution in [0.3, 0.4) is 0 Å². The molecule has 0 bridgehead atoms. The van der Waals surface area contributed by atoms with Gasteiger partial charge in [-0.15, -0.1) is 0 Å². The molecule has 1 N–H and O–H groups in total. The molecule has 114 valence electrons. The first-order valence-corrected chi connectivity index (χ1v) is 6.30. The van der Waals surface area contributed by atoms with Crippen molar-refractivity contribution in [1.29, 1.82) is 0 Å². The number of ketones is 1. The maximum absolute atomic E-state index is 12.1. The Balaban J connectivity index is 2.00. The summed E-state index contributed by atoms with van der Waals surface area (Å²) in [5.74, 6) is -4.37. The molecule has 22 heavy (non-hydrogen) atoms. The van der Waals surface area contributed by atoms with Crippen LogP contribution in [-0.2, 0) is 14.4 Å². The molecule has 0 saturated heterocycles. The number of rotatable bonds is 5. The number of carboxylic acids is 1. The van der Waals surface area contributed by atoms with E-state index in [1.165, 1.54) is 12.1 Å². The highest BCUT2D eigenvalue weighted by Gasteiger charge is 2.34. The molecule has 1 amide bonds. The quantitative estimate of drug-likeness (QED) is 0.300. The lowest BCUT2D eigenvalue weighted by atomic mass is 9.95. The van der Waals surface area contributed by atoms with Crippen molar-refractivity contribution in [3.8, 4) is 5.75 Å². The van der Waals surface area contributed by atoms with Gasteiger partial charge in [0.25, 0.3) is 0 Å². The topological polar surface area (TPSA) is 125 Å². The van der Waals surface area contributed by atoms with E-state index in [1.54, 1.807) is 12.1 Å².